The first-order valence-electron chi connectivity index (χ1n) is 12.7. The van der Waals surface area contributed by atoms with E-state index in [0.29, 0.717) is 24.0 Å². The Morgan fingerprint density at radius 2 is 1.82 bits per heavy atom. The van der Waals surface area contributed by atoms with Crippen LogP contribution in [0.15, 0.2) is 66.9 Å². The summed E-state index contributed by atoms with van der Waals surface area (Å²) in [5.41, 5.74) is 0.414. The number of rotatable bonds is 6. The Morgan fingerprint density at radius 3 is 2.45 bits per heavy atom. The van der Waals surface area contributed by atoms with Crippen molar-refractivity contribution >= 4 is 11.6 Å². The largest absolute Gasteiger partial charge is 0.417 e. The molecule has 2 saturated heterocycles. The standard InChI is InChI=1S/C29H25F4N5O2/c1-37-10-9-24(36-37)20-11-21(23(30)12-22(20)29(31,32)33)27(39)35-25-8-7-19(13-38-14-28(15-38)16-40-17-28)34-26(25)18-5-3-2-4-6-18/h2-12H,13-17H2,1H3,(H,35,39). The fourth-order valence-electron chi connectivity index (χ4n) is 5.26. The van der Waals surface area contributed by atoms with Crippen molar-refractivity contribution in [3.8, 4) is 22.5 Å². The molecule has 0 aliphatic carbocycles. The first-order chi connectivity index (χ1) is 19.1. The number of benzene rings is 2. The minimum atomic E-state index is -4.84. The molecule has 2 aliphatic rings. The summed E-state index contributed by atoms with van der Waals surface area (Å²) in [6, 6.07) is 15.3. The summed E-state index contributed by atoms with van der Waals surface area (Å²) in [6.45, 7) is 4.04. The Balaban J connectivity index is 1.32. The first kappa shape index (κ1) is 26.1. The quantitative estimate of drug-likeness (QED) is 0.326. The van der Waals surface area contributed by atoms with Crippen LogP contribution in [0.5, 0.6) is 0 Å². The van der Waals surface area contributed by atoms with Crippen molar-refractivity contribution in [1.29, 1.82) is 0 Å². The molecule has 1 amide bonds. The van der Waals surface area contributed by atoms with Crippen LogP contribution in [0.1, 0.15) is 21.6 Å². The van der Waals surface area contributed by atoms with E-state index in [1.165, 1.54) is 16.9 Å². The zero-order valence-corrected chi connectivity index (χ0v) is 21.5. The number of ether oxygens (including phenoxy) is 1. The fraction of sp³-hybridized carbons (Fsp3) is 0.276. The lowest BCUT2D eigenvalue weighted by atomic mass is 9.78. The molecule has 0 bridgehead atoms. The molecule has 1 spiro atoms. The van der Waals surface area contributed by atoms with Gasteiger partial charge in [0.15, 0.2) is 0 Å². The van der Waals surface area contributed by atoms with E-state index in [0.717, 1.165) is 43.6 Å². The number of aromatic nitrogens is 3. The minimum Gasteiger partial charge on any atom is -0.380 e. The molecule has 7 nitrogen and oxygen atoms in total. The number of hydrogen-bond acceptors (Lipinski definition) is 5. The molecule has 206 valence electrons. The van der Waals surface area contributed by atoms with Crippen molar-refractivity contribution in [3.05, 3.63) is 89.5 Å². The van der Waals surface area contributed by atoms with Crippen LogP contribution in [0, 0.1) is 11.2 Å². The number of halogens is 4. The van der Waals surface area contributed by atoms with E-state index in [1.807, 2.05) is 30.3 Å². The van der Waals surface area contributed by atoms with Crippen LogP contribution < -0.4 is 5.32 Å². The molecule has 1 N–H and O–H groups in total. The van der Waals surface area contributed by atoms with Gasteiger partial charge in [-0.25, -0.2) is 9.37 Å². The third kappa shape index (κ3) is 4.98. The van der Waals surface area contributed by atoms with Gasteiger partial charge in [-0.2, -0.15) is 18.3 Å². The van der Waals surface area contributed by atoms with Gasteiger partial charge in [-0.15, -0.1) is 0 Å². The van der Waals surface area contributed by atoms with E-state index in [-0.39, 0.29) is 16.7 Å². The normalized spacial score (nSPS) is 16.4. The summed E-state index contributed by atoms with van der Waals surface area (Å²) in [5, 5.41) is 6.70. The monoisotopic (exact) mass is 551 g/mol. The van der Waals surface area contributed by atoms with Crippen molar-refractivity contribution in [2.75, 3.05) is 31.6 Å². The number of nitrogens with zero attached hydrogens (tertiary/aromatic N) is 4. The topological polar surface area (TPSA) is 72.3 Å². The Hall–Kier alpha value is -4.09. The van der Waals surface area contributed by atoms with Gasteiger partial charge >= 0.3 is 6.18 Å². The maximum atomic E-state index is 15.0. The highest BCUT2D eigenvalue weighted by Crippen LogP contribution is 2.40. The molecule has 0 radical (unpaired) electrons. The molecule has 4 aromatic rings. The summed E-state index contributed by atoms with van der Waals surface area (Å²) >= 11 is 0. The van der Waals surface area contributed by atoms with Crippen LogP contribution in [0.4, 0.5) is 23.2 Å². The van der Waals surface area contributed by atoms with Crippen molar-refractivity contribution in [2.24, 2.45) is 12.5 Å². The zero-order valence-electron chi connectivity index (χ0n) is 21.5. The van der Waals surface area contributed by atoms with E-state index >= 15 is 0 Å². The van der Waals surface area contributed by atoms with E-state index < -0.39 is 29.0 Å². The van der Waals surface area contributed by atoms with E-state index in [9.17, 15) is 22.4 Å². The molecule has 2 fully saturated rings. The van der Waals surface area contributed by atoms with Gasteiger partial charge in [0, 0.05) is 49.4 Å². The molecular weight excluding hydrogens is 526 g/mol. The summed E-state index contributed by atoms with van der Waals surface area (Å²) in [5.74, 6) is -2.19. The molecule has 2 aromatic carbocycles. The highest BCUT2D eigenvalue weighted by molar-refractivity contribution is 6.07. The molecule has 2 aliphatic heterocycles. The number of hydrogen-bond donors (Lipinski definition) is 1. The number of carbonyl (C=O) groups is 1. The van der Waals surface area contributed by atoms with Crippen molar-refractivity contribution in [3.63, 3.8) is 0 Å². The van der Waals surface area contributed by atoms with Gasteiger partial charge in [-0.3, -0.25) is 14.4 Å². The van der Waals surface area contributed by atoms with Gasteiger partial charge in [0.05, 0.1) is 47.1 Å². The number of nitrogens with one attached hydrogen (secondary N) is 1. The van der Waals surface area contributed by atoms with Crippen LogP contribution in [0.25, 0.3) is 22.5 Å². The SMILES string of the molecule is Cn1ccc(-c2cc(C(=O)Nc3ccc(CN4CC5(COC5)C4)nc3-c3ccccc3)c(F)cc2C(F)(F)F)n1. The molecule has 6 rings (SSSR count). The van der Waals surface area contributed by atoms with Gasteiger partial charge in [-0.05, 0) is 30.3 Å². The fourth-order valence-corrected chi connectivity index (χ4v) is 5.26. The van der Waals surface area contributed by atoms with Crippen LogP contribution in [0.3, 0.4) is 0 Å². The number of likely N-dealkylation sites (tertiary alicyclic amines) is 1. The highest BCUT2D eigenvalue weighted by Gasteiger charge is 2.48. The number of amides is 1. The van der Waals surface area contributed by atoms with Gasteiger partial charge in [-0.1, -0.05) is 30.3 Å². The van der Waals surface area contributed by atoms with Gasteiger partial charge in [0.1, 0.15) is 5.82 Å². The third-order valence-corrected chi connectivity index (χ3v) is 7.22. The van der Waals surface area contributed by atoms with Gasteiger partial charge in [0.2, 0.25) is 0 Å². The van der Waals surface area contributed by atoms with Crippen molar-refractivity contribution in [1.82, 2.24) is 19.7 Å². The molecule has 0 saturated carbocycles. The second-order valence-corrected chi connectivity index (χ2v) is 10.4. The Labute approximate surface area is 227 Å². The average Bonchev–Trinajstić information content (AvgIpc) is 3.31. The predicted octanol–water partition coefficient (Wildman–Crippen LogP) is 5.39. The summed E-state index contributed by atoms with van der Waals surface area (Å²) in [6.07, 6.45) is -3.37. The minimum absolute atomic E-state index is 0.0268. The van der Waals surface area contributed by atoms with E-state index in [1.54, 1.807) is 19.2 Å². The summed E-state index contributed by atoms with van der Waals surface area (Å²) in [7, 11) is 1.55. The van der Waals surface area contributed by atoms with Crippen LogP contribution in [-0.2, 0) is 24.5 Å². The first-order valence-corrected chi connectivity index (χ1v) is 12.7. The van der Waals surface area contributed by atoms with Gasteiger partial charge < -0.3 is 10.1 Å². The summed E-state index contributed by atoms with van der Waals surface area (Å²) in [4.78, 5) is 20.4. The van der Waals surface area contributed by atoms with E-state index in [2.05, 4.69) is 15.3 Å². The molecule has 40 heavy (non-hydrogen) atoms. The smallest absolute Gasteiger partial charge is 0.380 e. The second-order valence-electron chi connectivity index (χ2n) is 10.4. The van der Waals surface area contributed by atoms with Crippen LogP contribution in [-0.4, -0.2) is 51.9 Å². The van der Waals surface area contributed by atoms with Crippen LogP contribution >= 0.6 is 0 Å². The molecule has 4 heterocycles. The molecular formula is C29H25F4N5O2. The molecule has 2 aromatic heterocycles. The maximum absolute atomic E-state index is 15.0. The Bertz CT molecular complexity index is 1570. The average molecular weight is 552 g/mol. The molecule has 0 atom stereocenters. The zero-order chi connectivity index (χ0) is 28.1. The number of pyridine rings is 1. The number of carbonyl (C=O) groups excluding carboxylic acids is 1. The maximum Gasteiger partial charge on any atom is 0.417 e. The third-order valence-electron chi connectivity index (χ3n) is 7.22. The number of anilines is 1. The Morgan fingerprint density at radius 1 is 1.07 bits per heavy atom. The lowest BCUT2D eigenvalue weighted by Crippen LogP contribution is -2.65. The van der Waals surface area contributed by atoms with Crippen molar-refractivity contribution in [2.45, 2.75) is 12.7 Å². The number of alkyl halides is 3. The molecule has 0 unspecified atom stereocenters. The number of aryl methyl sites for hydroxylation is 1. The summed E-state index contributed by atoms with van der Waals surface area (Å²) < 4.78 is 62.9. The molecule has 11 heteroatoms. The van der Waals surface area contributed by atoms with E-state index in [4.69, 9.17) is 9.72 Å². The van der Waals surface area contributed by atoms with Crippen LogP contribution in [0.2, 0.25) is 0 Å². The predicted molar refractivity (Wildman–Crippen MR) is 140 cm³/mol. The second kappa shape index (κ2) is 9.83. The van der Waals surface area contributed by atoms with Crippen molar-refractivity contribution < 1.29 is 27.1 Å². The lowest BCUT2D eigenvalue weighted by molar-refractivity contribution is -0.191. The lowest BCUT2D eigenvalue weighted by Gasteiger charge is -2.55. The van der Waals surface area contributed by atoms with Gasteiger partial charge in [0.25, 0.3) is 5.91 Å². The highest BCUT2D eigenvalue weighted by atomic mass is 19.4. The Kier molecular flexibility index (Phi) is 6.42.